The molecule has 118 valence electrons. The second-order valence-corrected chi connectivity index (χ2v) is 5.31. The number of benzene rings is 2. The first kappa shape index (κ1) is 15.1. The number of hydrogen-bond acceptors (Lipinski definition) is 4. The van der Waals surface area contributed by atoms with Gasteiger partial charge in [0, 0.05) is 0 Å². The Morgan fingerprint density at radius 2 is 1.87 bits per heavy atom. The minimum Gasteiger partial charge on any atom is -0.488 e. The number of para-hydroxylation sites is 1. The Bertz CT molecular complexity index is 727. The number of nitrogens with zero attached hydrogens (tertiary/aromatic N) is 1. The van der Waals surface area contributed by atoms with E-state index >= 15 is 0 Å². The van der Waals surface area contributed by atoms with E-state index in [0.29, 0.717) is 23.8 Å². The zero-order valence-corrected chi connectivity index (χ0v) is 12.7. The highest BCUT2D eigenvalue weighted by Crippen LogP contribution is 2.25. The van der Waals surface area contributed by atoms with Crippen molar-refractivity contribution in [3.8, 4) is 5.75 Å². The summed E-state index contributed by atoms with van der Waals surface area (Å²) in [7, 11) is 0. The van der Waals surface area contributed by atoms with Crippen molar-refractivity contribution in [3.63, 3.8) is 0 Å². The van der Waals surface area contributed by atoms with E-state index in [0.717, 1.165) is 5.56 Å². The molecule has 0 aromatic heterocycles. The Morgan fingerprint density at radius 1 is 1.17 bits per heavy atom. The molecule has 0 amide bonds. The van der Waals surface area contributed by atoms with Gasteiger partial charge in [0.15, 0.2) is 6.04 Å². The van der Waals surface area contributed by atoms with E-state index in [4.69, 9.17) is 14.6 Å². The Labute approximate surface area is 134 Å². The normalized spacial score (nSPS) is 19.8. The van der Waals surface area contributed by atoms with Crippen LogP contribution >= 0.6 is 0 Å². The number of carboxylic acids is 1. The van der Waals surface area contributed by atoms with Crippen LogP contribution in [0.4, 0.5) is 0 Å². The first-order chi connectivity index (χ1) is 11.1. The molecule has 5 heteroatoms. The molecule has 0 aliphatic carbocycles. The van der Waals surface area contributed by atoms with Crippen molar-refractivity contribution in [2.24, 2.45) is 4.99 Å². The second-order valence-electron chi connectivity index (χ2n) is 5.31. The minimum absolute atomic E-state index is 0.313. The van der Waals surface area contributed by atoms with E-state index in [1.165, 1.54) is 0 Å². The third-order valence-corrected chi connectivity index (χ3v) is 3.61. The Kier molecular flexibility index (Phi) is 4.28. The summed E-state index contributed by atoms with van der Waals surface area (Å²) in [5.74, 6) is -0.0583. The van der Waals surface area contributed by atoms with Crippen molar-refractivity contribution in [1.82, 2.24) is 0 Å². The number of carbonyl (C=O) groups is 1. The third-order valence-electron chi connectivity index (χ3n) is 3.61. The van der Waals surface area contributed by atoms with Gasteiger partial charge in [-0.25, -0.2) is 9.79 Å². The average molecular weight is 311 g/mol. The quantitative estimate of drug-likeness (QED) is 0.922. The molecule has 1 N–H and O–H groups in total. The maximum atomic E-state index is 11.2. The molecule has 1 aliphatic heterocycles. The Hall–Kier alpha value is -2.82. The summed E-state index contributed by atoms with van der Waals surface area (Å²) >= 11 is 0. The summed E-state index contributed by atoms with van der Waals surface area (Å²) in [6, 6.07) is 16.3. The molecule has 1 aliphatic rings. The van der Waals surface area contributed by atoms with E-state index < -0.39 is 18.1 Å². The van der Waals surface area contributed by atoms with Crippen LogP contribution < -0.4 is 4.74 Å². The third kappa shape index (κ3) is 3.34. The maximum absolute atomic E-state index is 11.2. The molecule has 3 rings (SSSR count). The molecular weight excluding hydrogens is 294 g/mol. The number of carboxylic acid groups (broad SMARTS) is 1. The van der Waals surface area contributed by atoms with Crippen LogP contribution in [0.2, 0.25) is 0 Å². The number of aliphatic imine (C=N–C) groups is 1. The molecule has 0 unspecified atom stereocenters. The van der Waals surface area contributed by atoms with Gasteiger partial charge < -0.3 is 14.6 Å². The fraction of sp³-hybridized carbons (Fsp3) is 0.222. The lowest BCUT2D eigenvalue weighted by Crippen LogP contribution is -2.27. The van der Waals surface area contributed by atoms with Gasteiger partial charge >= 0.3 is 5.97 Å². The lowest BCUT2D eigenvalue weighted by Gasteiger charge is -2.12. The van der Waals surface area contributed by atoms with Crippen molar-refractivity contribution >= 4 is 11.9 Å². The predicted molar refractivity (Wildman–Crippen MR) is 85.7 cm³/mol. The summed E-state index contributed by atoms with van der Waals surface area (Å²) in [5, 5.41) is 9.15. The average Bonchev–Trinajstić information content (AvgIpc) is 2.96. The van der Waals surface area contributed by atoms with Gasteiger partial charge in [0.25, 0.3) is 0 Å². The van der Waals surface area contributed by atoms with Crippen LogP contribution in [0.3, 0.4) is 0 Å². The lowest BCUT2D eigenvalue weighted by molar-refractivity contribution is -0.139. The molecule has 0 radical (unpaired) electrons. The fourth-order valence-corrected chi connectivity index (χ4v) is 2.40. The zero-order valence-electron chi connectivity index (χ0n) is 12.7. The summed E-state index contributed by atoms with van der Waals surface area (Å²) in [4.78, 5) is 15.3. The van der Waals surface area contributed by atoms with Gasteiger partial charge in [-0.1, -0.05) is 42.5 Å². The highest BCUT2D eigenvalue weighted by Gasteiger charge is 2.34. The fourth-order valence-electron chi connectivity index (χ4n) is 2.40. The predicted octanol–water partition coefficient (Wildman–Crippen LogP) is 2.88. The van der Waals surface area contributed by atoms with Gasteiger partial charge in [-0.05, 0) is 24.6 Å². The summed E-state index contributed by atoms with van der Waals surface area (Å²) in [5.41, 5.74) is 1.72. The van der Waals surface area contributed by atoms with Crippen LogP contribution in [0.15, 0.2) is 59.6 Å². The van der Waals surface area contributed by atoms with Crippen molar-refractivity contribution in [3.05, 3.63) is 65.7 Å². The van der Waals surface area contributed by atoms with Gasteiger partial charge in [0.1, 0.15) is 18.5 Å². The molecular formula is C18H17NO4. The summed E-state index contributed by atoms with van der Waals surface area (Å²) in [6.07, 6.45) is -0.496. The van der Waals surface area contributed by atoms with Gasteiger partial charge in [-0.3, -0.25) is 0 Å². The highest BCUT2D eigenvalue weighted by molar-refractivity contribution is 6.00. The smallest absolute Gasteiger partial charge is 0.332 e. The highest BCUT2D eigenvalue weighted by atomic mass is 16.5. The van der Waals surface area contributed by atoms with E-state index in [1.807, 2.05) is 54.6 Å². The van der Waals surface area contributed by atoms with Gasteiger partial charge in [-0.2, -0.15) is 0 Å². The van der Waals surface area contributed by atoms with Crippen LogP contribution in [0.1, 0.15) is 18.1 Å². The summed E-state index contributed by atoms with van der Waals surface area (Å²) in [6.45, 7) is 2.12. The number of aliphatic carboxylic acids is 1. The van der Waals surface area contributed by atoms with Crippen LogP contribution in [0, 0.1) is 0 Å². The molecule has 0 fully saturated rings. The molecule has 23 heavy (non-hydrogen) atoms. The number of rotatable bonds is 5. The molecule has 0 spiro atoms. The van der Waals surface area contributed by atoms with E-state index in [2.05, 4.69) is 4.99 Å². The van der Waals surface area contributed by atoms with Crippen molar-refractivity contribution in [1.29, 1.82) is 0 Å². The molecule has 2 aromatic carbocycles. The maximum Gasteiger partial charge on any atom is 0.332 e. The van der Waals surface area contributed by atoms with Crippen LogP contribution in [0.5, 0.6) is 5.75 Å². The largest absolute Gasteiger partial charge is 0.488 e. The van der Waals surface area contributed by atoms with E-state index in [-0.39, 0.29) is 0 Å². The topological polar surface area (TPSA) is 68.1 Å². The van der Waals surface area contributed by atoms with Gasteiger partial charge in [-0.15, -0.1) is 0 Å². The molecule has 0 saturated carbocycles. The summed E-state index contributed by atoms with van der Waals surface area (Å²) < 4.78 is 11.5. The molecule has 0 saturated heterocycles. The molecule has 2 aromatic rings. The molecule has 0 bridgehead atoms. The second kappa shape index (κ2) is 6.52. The van der Waals surface area contributed by atoms with Crippen LogP contribution in [-0.2, 0) is 16.1 Å². The SMILES string of the molecule is C[C@H]1OC(c2ccccc2OCc2ccccc2)=N[C@@H]1C(=O)O. The zero-order chi connectivity index (χ0) is 16.2. The van der Waals surface area contributed by atoms with Crippen LogP contribution in [-0.4, -0.2) is 29.1 Å². The molecule has 5 nitrogen and oxygen atoms in total. The first-order valence-electron chi connectivity index (χ1n) is 7.38. The molecule has 2 atom stereocenters. The molecule has 1 heterocycles. The monoisotopic (exact) mass is 311 g/mol. The number of hydrogen-bond donors (Lipinski definition) is 1. The van der Waals surface area contributed by atoms with Crippen molar-refractivity contribution < 1.29 is 19.4 Å². The minimum atomic E-state index is -0.991. The van der Waals surface area contributed by atoms with Crippen molar-refractivity contribution in [2.75, 3.05) is 0 Å². The van der Waals surface area contributed by atoms with E-state index in [1.54, 1.807) is 6.92 Å². The first-order valence-corrected chi connectivity index (χ1v) is 7.38. The van der Waals surface area contributed by atoms with Crippen LogP contribution in [0.25, 0.3) is 0 Å². The Balaban J connectivity index is 1.81. The number of ether oxygens (including phenoxy) is 2. The van der Waals surface area contributed by atoms with E-state index in [9.17, 15) is 4.79 Å². The van der Waals surface area contributed by atoms with Crippen molar-refractivity contribution in [2.45, 2.75) is 25.7 Å². The van der Waals surface area contributed by atoms with Gasteiger partial charge in [0.05, 0.1) is 5.56 Å². The van der Waals surface area contributed by atoms with Gasteiger partial charge in [0.2, 0.25) is 5.90 Å². The standard InChI is InChI=1S/C18H17NO4/c1-12-16(18(20)21)19-17(23-12)14-9-5-6-10-15(14)22-11-13-7-3-2-4-8-13/h2-10,12,16H,11H2,1H3,(H,20,21)/t12-,16+/m1/s1. The lowest BCUT2D eigenvalue weighted by atomic mass is 10.2. The Morgan fingerprint density at radius 3 is 2.57 bits per heavy atom.